The molecule has 2 rings (SSSR count). The van der Waals surface area contributed by atoms with Crippen molar-refractivity contribution in [3.05, 3.63) is 29.8 Å². The lowest BCUT2D eigenvalue weighted by molar-refractivity contribution is -0.129. The van der Waals surface area contributed by atoms with Crippen LogP contribution in [0.3, 0.4) is 0 Å². The molecule has 124 valence electrons. The Labute approximate surface area is 138 Å². The lowest BCUT2D eigenvalue weighted by Gasteiger charge is -2.19. The van der Waals surface area contributed by atoms with Gasteiger partial charge < -0.3 is 9.50 Å². The van der Waals surface area contributed by atoms with Crippen molar-refractivity contribution >= 4 is 38.9 Å². The standard InChI is InChI=1S/C13H15N3O5S2/c1-8(17)14-13-15-16(9(2)18)12(22-13)10-4-6-11(7-5-10)21-23(3,19)20/h4-7,12H,1-3H3,(H,14,15,17)/t12-/m1/s1. The monoisotopic (exact) mass is 357 g/mol. The number of thioether (sulfide) groups is 1. The normalized spacial score (nSPS) is 17.6. The van der Waals surface area contributed by atoms with E-state index < -0.39 is 15.5 Å². The Kier molecular flexibility index (Phi) is 4.95. The minimum absolute atomic E-state index is 0.177. The van der Waals surface area contributed by atoms with Crippen molar-refractivity contribution in [1.29, 1.82) is 0 Å². The van der Waals surface area contributed by atoms with Crippen LogP contribution in [0.2, 0.25) is 0 Å². The maximum Gasteiger partial charge on any atom is 0.306 e. The van der Waals surface area contributed by atoms with E-state index in [9.17, 15) is 18.0 Å². The lowest BCUT2D eigenvalue weighted by Crippen LogP contribution is -2.25. The molecule has 0 aliphatic carbocycles. The first kappa shape index (κ1) is 17.3. The van der Waals surface area contributed by atoms with Gasteiger partial charge in [0.2, 0.25) is 11.8 Å². The number of nitrogens with zero attached hydrogens (tertiary/aromatic N) is 2. The molecule has 0 aromatic heterocycles. The van der Waals surface area contributed by atoms with Crippen molar-refractivity contribution < 1.29 is 22.2 Å². The second-order valence-corrected chi connectivity index (χ2v) is 7.42. The van der Waals surface area contributed by atoms with Crippen molar-refractivity contribution in [1.82, 2.24) is 10.3 Å². The summed E-state index contributed by atoms with van der Waals surface area (Å²) in [6, 6.07) is 6.26. The molecule has 1 N–H and O–H groups in total. The average molecular weight is 357 g/mol. The molecule has 10 heteroatoms. The second kappa shape index (κ2) is 6.59. The van der Waals surface area contributed by atoms with Crippen LogP contribution in [-0.4, -0.2) is 36.7 Å². The van der Waals surface area contributed by atoms with E-state index in [4.69, 9.17) is 4.18 Å². The number of amidine groups is 1. The number of hydrazone groups is 1. The Morgan fingerprint density at radius 1 is 1.26 bits per heavy atom. The van der Waals surface area contributed by atoms with Gasteiger partial charge in [0.05, 0.1) is 6.26 Å². The van der Waals surface area contributed by atoms with Crippen LogP contribution in [0.1, 0.15) is 24.8 Å². The van der Waals surface area contributed by atoms with Gasteiger partial charge in [-0.2, -0.15) is 8.42 Å². The van der Waals surface area contributed by atoms with Gasteiger partial charge in [0, 0.05) is 13.8 Å². The van der Waals surface area contributed by atoms with Gasteiger partial charge in [-0.25, -0.2) is 5.01 Å². The molecule has 1 aromatic carbocycles. The van der Waals surface area contributed by atoms with Crippen LogP contribution in [0.4, 0.5) is 0 Å². The van der Waals surface area contributed by atoms with Crippen LogP contribution in [-0.2, 0) is 19.7 Å². The van der Waals surface area contributed by atoms with E-state index in [1.807, 2.05) is 0 Å². The Morgan fingerprint density at radius 2 is 1.87 bits per heavy atom. The molecule has 8 nitrogen and oxygen atoms in total. The summed E-state index contributed by atoms with van der Waals surface area (Å²) in [5.41, 5.74) is 0.718. The minimum atomic E-state index is -3.60. The fourth-order valence-electron chi connectivity index (χ4n) is 1.84. The Balaban J connectivity index is 2.20. The van der Waals surface area contributed by atoms with Gasteiger partial charge in [-0.3, -0.25) is 9.59 Å². The highest BCUT2D eigenvalue weighted by molar-refractivity contribution is 8.14. The summed E-state index contributed by atoms with van der Waals surface area (Å²) in [5, 5.41) is 7.75. The predicted octanol–water partition coefficient (Wildman–Crippen LogP) is 1.03. The Hall–Kier alpha value is -2.07. The number of amides is 2. The first-order valence-electron chi connectivity index (χ1n) is 6.48. The minimum Gasteiger partial charge on any atom is -0.383 e. The van der Waals surface area contributed by atoms with Gasteiger partial charge in [-0.05, 0) is 17.7 Å². The Morgan fingerprint density at radius 3 is 2.35 bits per heavy atom. The van der Waals surface area contributed by atoms with Crippen molar-refractivity contribution in [2.45, 2.75) is 19.2 Å². The number of nitrogens with one attached hydrogen (secondary N) is 1. The molecule has 23 heavy (non-hydrogen) atoms. The fourth-order valence-corrected chi connectivity index (χ4v) is 3.44. The number of rotatable bonds is 3. The molecule has 0 unspecified atom stereocenters. The number of benzene rings is 1. The van der Waals surface area contributed by atoms with Crippen LogP contribution < -0.4 is 9.50 Å². The summed E-state index contributed by atoms with van der Waals surface area (Å²) in [6.07, 6.45) is 0.957. The highest BCUT2D eigenvalue weighted by Gasteiger charge is 2.32. The van der Waals surface area contributed by atoms with E-state index in [-0.39, 0.29) is 17.6 Å². The van der Waals surface area contributed by atoms with E-state index >= 15 is 0 Å². The summed E-state index contributed by atoms with van der Waals surface area (Å²) in [4.78, 5) is 22.8. The molecule has 0 saturated heterocycles. The van der Waals surface area contributed by atoms with E-state index in [1.54, 1.807) is 12.1 Å². The number of hydrogen-bond donors (Lipinski definition) is 1. The summed E-state index contributed by atoms with van der Waals surface area (Å²) in [5.74, 6) is -0.381. The van der Waals surface area contributed by atoms with E-state index in [2.05, 4.69) is 10.4 Å². The van der Waals surface area contributed by atoms with Crippen molar-refractivity contribution in [2.24, 2.45) is 5.10 Å². The molecular weight excluding hydrogens is 342 g/mol. The molecule has 0 radical (unpaired) electrons. The predicted molar refractivity (Wildman–Crippen MR) is 86.0 cm³/mol. The molecule has 1 aliphatic rings. The van der Waals surface area contributed by atoms with Gasteiger partial charge in [-0.1, -0.05) is 23.9 Å². The van der Waals surface area contributed by atoms with Crippen LogP contribution in [0, 0.1) is 0 Å². The zero-order chi connectivity index (χ0) is 17.2. The number of hydrogen-bond acceptors (Lipinski definition) is 7. The molecule has 0 bridgehead atoms. The summed E-state index contributed by atoms with van der Waals surface area (Å²) >= 11 is 1.21. The number of carbonyl (C=O) groups excluding carboxylic acids is 2. The van der Waals surface area contributed by atoms with Gasteiger partial charge in [-0.15, -0.1) is 5.10 Å². The van der Waals surface area contributed by atoms with Gasteiger partial charge in [0.25, 0.3) is 0 Å². The summed E-state index contributed by atoms with van der Waals surface area (Å²) < 4.78 is 26.9. The van der Waals surface area contributed by atoms with Crippen molar-refractivity contribution in [3.63, 3.8) is 0 Å². The third-order valence-electron chi connectivity index (χ3n) is 2.66. The zero-order valence-electron chi connectivity index (χ0n) is 12.6. The van der Waals surface area contributed by atoms with Crippen molar-refractivity contribution in [3.8, 4) is 5.75 Å². The van der Waals surface area contributed by atoms with Crippen LogP contribution >= 0.6 is 11.8 Å². The van der Waals surface area contributed by atoms with E-state index in [0.717, 1.165) is 11.8 Å². The smallest absolute Gasteiger partial charge is 0.306 e. The molecular formula is C13H15N3O5S2. The molecule has 1 atom stereocenters. The maximum atomic E-state index is 11.7. The highest BCUT2D eigenvalue weighted by Crippen LogP contribution is 2.39. The first-order chi connectivity index (χ1) is 10.7. The summed E-state index contributed by atoms with van der Waals surface area (Å²) in [7, 11) is -3.60. The maximum absolute atomic E-state index is 11.7. The van der Waals surface area contributed by atoms with Crippen LogP contribution in [0.5, 0.6) is 5.75 Å². The third-order valence-corrected chi connectivity index (χ3v) is 4.26. The lowest BCUT2D eigenvalue weighted by atomic mass is 10.2. The van der Waals surface area contributed by atoms with Crippen LogP contribution in [0.25, 0.3) is 0 Å². The topological polar surface area (TPSA) is 105 Å². The SMILES string of the molecule is CC(=O)NC1=NN(C(C)=O)[C@@H](c2ccc(OS(C)(=O)=O)cc2)S1. The largest absolute Gasteiger partial charge is 0.383 e. The molecule has 1 aliphatic heterocycles. The Bertz CT molecular complexity index is 758. The molecule has 1 heterocycles. The van der Waals surface area contributed by atoms with Gasteiger partial charge in [0.1, 0.15) is 11.1 Å². The number of carbonyl (C=O) groups is 2. The highest BCUT2D eigenvalue weighted by atomic mass is 32.2. The van der Waals surface area contributed by atoms with Gasteiger partial charge >= 0.3 is 10.1 Å². The quantitative estimate of drug-likeness (QED) is 0.810. The van der Waals surface area contributed by atoms with E-state index in [0.29, 0.717) is 5.17 Å². The van der Waals surface area contributed by atoms with Gasteiger partial charge in [0.15, 0.2) is 5.17 Å². The zero-order valence-corrected chi connectivity index (χ0v) is 14.3. The molecule has 2 amide bonds. The second-order valence-electron chi connectivity index (χ2n) is 4.78. The van der Waals surface area contributed by atoms with Crippen molar-refractivity contribution in [2.75, 3.05) is 6.26 Å². The molecule has 0 spiro atoms. The molecule has 0 fully saturated rings. The molecule has 0 saturated carbocycles. The fraction of sp³-hybridized carbons (Fsp3) is 0.308. The third kappa shape index (κ3) is 4.70. The molecule has 1 aromatic rings. The first-order valence-corrected chi connectivity index (χ1v) is 9.17. The van der Waals surface area contributed by atoms with Crippen LogP contribution in [0.15, 0.2) is 29.4 Å². The average Bonchev–Trinajstić information content (AvgIpc) is 2.81. The van der Waals surface area contributed by atoms with E-state index in [1.165, 1.54) is 42.8 Å². The summed E-state index contributed by atoms with van der Waals surface area (Å²) in [6.45, 7) is 2.72.